The fourth-order valence-electron chi connectivity index (χ4n) is 8.73. The van der Waals surface area contributed by atoms with Crippen LogP contribution in [0.15, 0.2) is 34.9 Å². The minimum absolute atomic E-state index is 0.0572. The average Bonchev–Trinajstić information content (AvgIpc) is 3.51. The lowest BCUT2D eigenvalue weighted by Crippen LogP contribution is -2.64. The van der Waals surface area contributed by atoms with Crippen LogP contribution in [-0.4, -0.2) is 61.1 Å². The van der Waals surface area contributed by atoms with Crippen LogP contribution in [0.2, 0.25) is 0 Å². The maximum atomic E-state index is 13.0. The fraction of sp³-hybridized carbons (Fsp3) is 0.667. The lowest BCUT2D eigenvalue weighted by molar-refractivity contribution is -0.178. The topological polar surface area (TPSA) is 108 Å². The maximum absolute atomic E-state index is 13.0. The monoisotopic (exact) mass is 484 g/mol. The number of carbonyl (C=O) groups is 3. The van der Waals surface area contributed by atoms with Gasteiger partial charge in [-0.3, -0.25) is 9.59 Å². The van der Waals surface area contributed by atoms with E-state index in [9.17, 15) is 19.5 Å². The van der Waals surface area contributed by atoms with Crippen LogP contribution < -0.4 is 0 Å². The number of allylic oxidation sites excluding steroid dienone is 3. The Hall–Kier alpha value is -2.29. The smallest absolute Gasteiger partial charge is 0.337 e. The standard InChI is InChI=1S/C27H32O8/c1-12-13(14-9-19(30)35-24(14)31)8-15-20(12)27(4)16(10-18(29)32-5)25(2)7-6-17(28)26(3)11-33-21(22(25)26)23(27)34-15/h6-7,9,13,15-16,19,21-23,30H,8,10-11H2,1-5H3/t13-,15-,16-,19?,21-,22-,23-,25-,26-,27-/m1/s1. The largest absolute Gasteiger partial charge is 0.469 e. The van der Waals surface area contributed by atoms with E-state index < -0.39 is 28.5 Å². The van der Waals surface area contributed by atoms with Crippen LogP contribution >= 0.6 is 0 Å². The van der Waals surface area contributed by atoms with E-state index in [1.807, 2.05) is 19.9 Å². The van der Waals surface area contributed by atoms with Gasteiger partial charge in [0.25, 0.3) is 0 Å². The van der Waals surface area contributed by atoms with Crippen LogP contribution in [0, 0.1) is 34.0 Å². The molecule has 3 heterocycles. The normalized spacial score (nSPS) is 49.5. The molecule has 8 heteroatoms. The van der Waals surface area contributed by atoms with Gasteiger partial charge in [0.05, 0.1) is 43.9 Å². The van der Waals surface area contributed by atoms with Gasteiger partial charge in [0.2, 0.25) is 6.29 Å². The molecule has 0 aromatic heterocycles. The van der Waals surface area contributed by atoms with Crippen LogP contribution in [0.25, 0.3) is 0 Å². The number of aliphatic hydroxyl groups excluding tert-OH is 1. The summed E-state index contributed by atoms with van der Waals surface area (Å²) in [7, 11) is 1.40. The van der Waals surface area contributed by atoms with Gasteiger partial charge in [-0.15, -0.1) is 0 Å². The first-order chi connectivity index (χ1) is 16.5. The molecule has 6 rings (SSSR count). The molecule has 0 aromatic carbocycles. The van der Waals surface area contributed by atoms with Gasteiger partial charge in [0.1, 0.15) is 0 Å². The second kappa shape index (κ2) is 7.14. The molecule has 2 saturated heterocycles. The summed E-state index contributed by atoms with van der Waals surface area (Å²) >= 11 is 0. The summed E-state index contributed by atoms with van der Waals surface area (Å²) in [4.78, 5) is 38.2. The Morgan fingerprint density at radius 3 is 2.66 bits per heavy atom. The zero-order valence-electron chi connectivity index (χ0n) is 20.7. The van der Waals surface area contributed by atoms with Crippen molar-refractivity contribution < 1.29 is 38.4 Å². The predicted octanol–water partition coefficient (Wildman–Crippen LogP) is 2.26. The molecule has 3 aliphatic heterocycles. The Morgan fingerprint density at radius 1 is 1.26 bits per heavy atom. The minimum atomic E-state index is -1.23. The third-order valence-corrected chi connectivity index (χ3v) is 10.2. The minimum Gasteiger partial charge on any atom is -0.469 e. The fourth-order valence-corrected chi connectivity index (χ4v) is 8.73. The van der Waals surface area contributed by atoms with Gasteiger partial charge in [-0.1, -0.05) is 25.5 Å². The lowest BCUT2D eigenvalue weighted by atomic mass is 9.42. The van der Waals surface area contributed by atoms with Gasteiger partial charge < -0.3 is 24.1 Å². The van der Waals surface area contributed by atoms with E-state index in [0.717, 1.165) is 11.1 Å². The summed E-state index contributed by atoms with van der Waals surface area (Å²) in [5.41, 5.74) is 0.813. The highest BCUT2D eigenvalue weighted by Crippen LogP contribution is 2.71. The quantitative estimate of drug-likeness (QED) is 0.480. The van der Waals surface area contributed by atoms with Crippen LogP contribution in [0.4, 0.5) is 0 Å². The van der Waals surface area contributed by atoms with Gasteiger partial charge in [0, 0.05) is 22.8 Å². The van der Waals surface area contributed by atoms with Crippen molar-refractivity contribution in [1.29, 1.82) is 0 Å². The Labute approximate surface area is 204 Å². The van der Waals surface area contributed by atoms with E-state index in [1.165, 1.54) is 13.2 Å². The van der Waals surface area contributed by atoms with Crippen LogP contribution in [0.5, 0.6) is 0 Å². The number of hydrogen-bond donors (Lipinski definition) is 1. The molecule has 1 saturated carbocycles. The van der Waals surface area contributed by atoms with Crippen molar-refractivity contribution in [3.05, 3.63) is 34.9 Å². The van der Waals surface area contributed by atoms with E-state index in [4.69, 9.17) is 18.9 Å². The average molecular weight is 485 g/mol. The van der Waals surface area contributed by atoms with E-state index in [2.05, 4.69) is 13.8 Å². The SMILES string of the molecule is COC(=O)C[C@@H]1[C@@]2(C)C=CC(=O)[C@@]3(C)CO[C@@H]([C@H]4O[C@@H]5C[C@@H](C6=CC(O)OC6=O)C(C)=C5[C@]41C)[C@H]23. The van der Waals surface area contributed by atoms with E-state index >= 15 is 0 Å². The highest BCUT2D eigenvalue weighted by Gasteiger charge is 2.74. The van der Waals surface area contributed by atoms with Crippen LogP contribution in [-0.2, 0) is 33.3 Å². The molecule has 0 radical (unpaired) electrons. The number of ether oxygens (including phenoxy) is 4. The Bertz CT molecular complexity index is 1130. The molecule has 10 atom stereocenters. The summed E-state index contributed by atoms with van der Waals surface area (Å²) in [6, 6.07) is 0. The molecule has 3 fully saturated rings. The van der Waals surface area contributed by atoms with Crippen molar-refractivity contribution in [1.82, 2.24) is 0 Å². The zero-order chi connectivity index (χ0) is 25.1. The maximum Gasteiger partial charge on any atom is 0.337 e. The van der Waals surface area contributed by atoms with E-state index in [0.29, 0.717) is 18.6 Å². The molecule has 0 aromatic rings. The third kappa shape index (κ3) is 2.71. The van der Waals surface area contributed by atoms with Crippen molar-refractivity contribution in [2.24, 2.45) is 34.0 Å². The second-order valence-electron chi connectivity index (χ2n) is 11.7. The van der Waals surface area contributed by atoms with Crippen molar-refractivity contribution in [2.45, 2.75) is 65.1 Å². The molecule has 35 heavy (non-hydrogen) atoms. The van der Waals surface area contributed by atoms with Gasteiger partial charge in [0.15, 0.2) is 5.78 Å². The highest BCUT2D eigenvalue weighted by atomic mass is 16.6. The number of cyclic esters (lactones) is 1. The number of hydrogen-bond acceptors (Lipinski definition) is 8. The first-order valence-corrected chi connectivity index (χ1v) is 12.4. The van der Waals surface area contributed by atoms with Gasteiger partial charge in [-0.2, -0.15) is 0 Å². The molecule has 3 aliphatic carbocycles. The first kappa shape index (κ1) is 23.1. The van der Waals surface area contributed by atoms with E-state index in [1.54, 1.807) is 6.08 Å². The molecule has 0 bridgehead atoms. The number of aliphatic hydroxyl groups is 1. The number of carbonyl (C=O) groups excluding carboxylic acids is 3. The molecule has 1 N–H and O–H groups in total. The Balaban J connectivity index is 1.52. The lowest BCUT2D eigenvalue weighted by Gasteiger charge is -2.60. The summed E-state index contributed by atoms with van der Waals surface area (Å²) in [6.07, 6.45) is 3.77. The van der Waals surface area contributed by atoms with Gasteiger partial charge in [-0.25, -0.2) is 4.79 Å². The summed E-state index contributed by atoms with van der Waals surface area (Å²) in [6.45, 7) is 8.59. The molecular weight excluding hydrogens is 452 g/mol. The molecular formula is C27H32O8. The number of fused-ring (bicyclic) bond motifs is 4. The molecule has 0 spiro atoms. The summed E-state index contributed by atoms with van der Waals surface area (Å²) < 4.78 is 23.2. The van der Waals surface area contributed by atoms with Crippen molar-refractivity contribution in [3.63, 3.8) is 0 Å². The number of rotatable bonds is 3. The predicted molar refractivity (Wildman–Crippen MR) is 121 cm³/mol. The van der Waals surface area contributed by atoms with Crippen LogP contribution in [0.3, 0.4) is 0 Å². The zero-order valence-corrected chi connectivity index (χ0v) is 20.7. The molecule has 6 aliphatic rings. The molecule has 188 valence electrons. The molecule has 0 amide bonds. The third-order valence-electron chi connectivity index (χ3n) is 10.2. The van der Waals surface area contributed by atoms with Crippen molar-refractivity contribution >= 4 is 17.7 Å². The summed E-state index contributed by atoms with van der Waals surface area (Å²) in [5.74, 6) is -1.31. The van der Waals surface area contributed by atoms with E-state index in [-0.39, 0.29) is 54.2 Å². The molecule has 8 nitrogen and oxygen atoms in total. The van der Waals surface area contributed by atoms with Gasteiger partial charge >= 0.3 is 11.9 Å². The van der Waals surface area contributed by atoms with Gasteiger partial charge in [-0.05, 0) is 49.3 Å². The van der Waals surface area contributed by atoms with Crippen LogP contribution in [0.1, 0.15) is 40.5 Å². The second-order valence-corrected chi connectivity index (χ2v) is 11.7. The summed E-state index contributed by atoms with van der Waals surface area (Å²) in [5, 5.41) is 9.84. The highest BCUT2D eigenvalue weighted by molar-refractivity contribution is 5.97. The van der Waals surface area contributed by atoms with Crippen molar-refractivity contribution in [2.75, 3.05) is 13.7 Å². The number of esters is 2. The Morgan fingerprint density at radius 2 is 2.00 bits per heavy atom. The van der Waals surface area contributed by atoms with Crippen molar-refractivity contribution in [3.8, 4) is 0 Å². The number of methoxy groups -OCH3 is 1. The first-order valence-electron chi connectivity index (χ1n) is 12.4. The Kier molecular flexibility index (Phi) is 4.72. The molecule has 1 unspecified atom stereocenters. The number of ketones is 1.